The summed E-state index contributed by atoms with van der Waals surface area (Å²) in [6, 6.07) is 6.00. The van der Waals surface area contributed by atoms with Crippen LogP contribution in [-0.4, -0.2) is 43.0 Å². The average Bonchev–Trinajstić information content (AvgIpc) is 2.50. The zero-order valence-electron chi connectivity index (χ0n) is 13.6. The van der Waals surface area contributed by atoms with Gasteiger partial charge < -0.3 is 19.9 Å². The maximum Gasteiger partial charge on any atom is 0.123 e. The third kappa shape index (κ3) is 5.41. The molecule has 3 unspecified atom stereocenters. The van der Waals surface area contributed by atoms with Crippen molar-refractivity contribution in [1.29, 1.82) is 0 Å². The third-order valence-corrected chi connectivity index (χ3v) is 4.91. The Morgan fingerprint density at radius 2 is 1.95 bits per heavy atom. The zero-order chi connectivity index (χ0) is 15.8. The quantitative estimate of drug-likeness (QED) is 0.734. The molecule has 120 valence electrons. The third-order valence-electron chi connectivity index (χ3n) is 3.47. The van der Waals surface area contributed by atoms with E-state index in [0.717, 1.165) is 29.4 Å². The standard InChI is InChI=1S/C16H27NO3S/c1-6-17-15(10-21-12(3)11(2)18)14-9-13(19-4)7-8-16(14)20-5/h7-9,11-12,15,17-18H,6,10H2,1-5H3. The second-order valence-electron chi connectivity index (χ2n) is 5.00. The first kappa shape index (κ1) is 18.1. The van der Waals surface area contributed by atoms with E-state index in [0.29, 0.717) is 0 Å². The van der Waals surface area contributed by atoms with Crippen LogP contribution in [0.25, 0.3) is 0 Å². The summed E-state index contributed by atoms with van der Waals surface area (Å²) in [5.41, 5.74) is 1.09. The molecule has 0 bridgehead atoms. The molecule has 1 aromatic rings. The Hall–Kier alpha value is -0.910. The summed E-state index contributed by atoms with van der Waals surface area (Å²) >= 11 is 1.75. The van der Waals surface area contributed by atoms with E-state index in [1.807, 2.05) is 32.0 Å². The molecule has 0 spiro atoms. The number of hydrogen-bond acceptors (Lipinski definition) is 5. The number of rotatable bonds is 9. The summed E-state index contributed by atoms with van der Waals surface area (Å²) in [6.45, 7) is 6.82. The molecule has 2 N–H and O–H groups in total. The SMILES string of the molecule is CCNC(CSC(C)C(C)O)c1cc(OC)ccc1OC. The summed E-state index contributed by atoms with van der Waals surface area (Å²) in [7, 11) is 3.35. The van der Waals surface area contributed by atoms with Crippen LogP contribution in [0.3, 0.4) is 0 Å². The fraction of sp³-hybridized carbons (Fsp3) is 0.625. The Bertz CT molecular complexity index is 426. The highest BCUT2D eigenvalue weighted by molar-refractivity contribution is 7.99. The molecule has 1 rings (SSSR count). The molecule has 5 heteroatoms. The van der Waals surface area contributed by atoms with Crippen molar-refractivity contribution in [2.75, 3.05) is 26.5 Å². The highest BCUT2D eigenvalue weighted by Crippen LogP contribution is 2.32. The minimum absolute atomic E-state index is 0.159. The molecule has 0 radical (unpaired) electrons. The Labute approximate surface area is 132 Å². The maximum absolute atomic E-state index is 9.63. The van der Waals surface area contributed by atoms with Gasteiger partial charge in [-0.25, -0.2) is 0 Å². The van der Waals surface area contributed by atoms with Crippen LogP contribution in [0.5, 0.6) is 11.5 Å². The highest BCUT2D eigenvalue weighted by Gasteiger charge is 2.19. The van der Waals surface area contributed by atoms with Crippen LogP contribution in [-0.2, 0) is 0 Å². The molecule has 4 nitrogen and oxygen atoms in total. The Morgan fingerprint density at radius 3 is 2.48 bits per heavy atom. The first-order chi connectivity index (χ1) is 10.0. The largest absolute Gasteiger partial charge is 0.497 e. The first-order valence-corrected chi connectivity index (χ1v) is 8.33. The number of aliphatic hydroxyl groups is 1. The van der Waals surface area contributed by atoms with Crippen LogP contribution < -0.4 is 14.8 Å². The Kier molecular flexibility index (Phi) is 7.93. The minimum Gasteiger partial charge on any atom is -0.497 e. The molecule has 0 aliphatic heterocycles. The van der Waals surface area contributed by atoms with Gasteiger partial charge in [-0.15, -0.1) is 0 Å². The van der Waals surface area contributed by atoms with Gasteiger partial charge in [-0.2, -0.15) is 11.8 Å². The lowest BCUT2D eigenvalue weighted by Crippen LogP contribution is -2.26. The molecule has 0 saturated carbocycles. The van der Waals surface area contributed by atoms with Crippen LogP contribution in [0.15, 0.2) is 18.2 Å². The topological polar surface area (TPSA) is 50.7 Å². The summed E-state index contributed by atoms with van der Waals surface area (Å²) in [5, 5.41) is 13.3. The summed E-state index contributed by atoms with van der Waals surface area (Å²) in [5.74, 6) is 2.54. The predicted molar refractivity (Wildman–Crippen MR) is 89.6 cm³/mol. The minimum atomic E-state index is -0.315. The van der Waals surface area contributed by atoms with Gasteiger partial charge in [-0.05, 0) is 31.7 Å². The summed E-state index contributed by atoms with van der Waals surface area (Å²) < 4.78 is 10.8. The van der Waals surface area contributed by atoms with Crippen molar-refractivity contribution in [3.8, 4) is 11.5 Å². The van der Waals surface area contributed by atoms with Crippen molar-refractivity contribution in [2.45, 2.75) is 38.2 Å². The predicted octanol–water partition coefficient (Wildman–Crippen LogP) is 2.86. The van der Waals surface area contributed by atoms with E-state index in [1.165, 1.54) is 0 Å². The zero-order valence-corrected chi connectivity index (χ0v) is 14.4. The van der Waals surface area contributed by atoms with E-state index >= 15 is 0 Å². The molecule has 0 fully saturated rings. The molecule has 0 amide bonds. The number of methoxy groups -OCH3 is 2. The van der Waals surface area contributed by atoms with Crippen molar-refractivity contribution in [3.63, 3.8) is 0 Å². The molecule has 1 aromatic carbocycles. The van der Waals surface area contributed by atoms with Gasteiger partial charge in [-0.3, -0.25) is 0 Å². The van der Waals surface area contributed by atoms with Crippen molar-refractivity contribution in [1.82, 2.24) is 5.32 Å². The molecule has 0 aliphatic carbocycles. The maximum atomic E-state index is 9.63. The van der Waals surface area contributed by atoms with Gasteiger partial charge in [0.2, 0.25) is 0 Å². The molecule has 0 heterocycles. The smallest absolute Gasteiger partial charge is 0.123 e. The van der Waals surface area contributed by atoms with Gasteiger partial charge in [0.25, 0.3) is 0 Å². The molecule has 0 aliphatic rings. The van der Waals surface area contributed by atoms with Crippen molar-refractivity contribution in [3.05, 3.63) is 23.8 Å². The number of aliphatic hydroxyl groups excluding tert-OH is 1. The average molecular weight is 313 g/mol. The van der Waals surface area contributed by atoms with E-state index in [4.69, 9.17) is 9.47 Å². The fourth-order valence-electron chi connectivity index (χ4n) is 2.00. The Morgan fingerprint density at radius 1 is 1.24 bits per heavy atom. The van der Waals surface area contributed by atoms with Crippen molar-refractivity contribution < 1.29 is 14.6 Å². The second kappa shape index (κ2) is 9.18. The Balaban J connectivity index is 2.92. The van der Waals surface area contributed by atoms with Crippen LogP contribution in [0.1, 0.15) is 32.4 Å². The van der Waals surface area contributed by atoms with Gasteiger partial charge in [-0.1, -0.05) is 13.8 Å². The van der Waals surface area contributed by atoms with E-state index < -0.39 is 0 Å². The molecular weight excluding hydrogens is 286 g/mol. The van der Waals surface area contributed by atoms with Crippen LogP contribution >= 0.6 is 11.8 Å². The lowest BCUT2D eigenvalue weighted by atomic mass is 10.1. The van der Waals surface area contributed by atoms with E-state index in [2.05, 4.69) is 12.2 Å². The number of nitrogens with one attached hydrogen (secondary N) is 1. The number of ether oxygens (including phenoxy) is 2. The van der Waals surface area contributed by atoms with E-state index in [-0.39, 0.29) is 17.4 Å². The lowest BCUT2D eigenvalue weighted by molar-refractivity contribution is 0.196. The fourth-order valence-corrected chi connectivity index (χ4v) is 3.08. The van der Waals surface area contributed by atoms with E-state index in [1.54, 1.807) is 26.0 Å². The van der Waals surface area contributed by atoms with Gasteiger partial charge in [0, 0.05) is 22.6 Å². The molecule has 21 heavy (non-hydrogen) atoms. The number of thioether (sulfide) groups is 1. The van der Waals surface area contributed by atoms with Crippen LogP contribution in [0, 0.1) is 0 Å². The normalized spacial score (nSPS) is 15.3. The molecule has 0 saturated heterocycles. The van der Waals surface area contributed by atoms with E-state index in [9.17, 15) is 5.11 Å². The molecule has 0 aromatic heterocycles. The molecule has 3 atom stereocenters. The summed E-state index contributed by atoms with van der Waals surface area (Å²) in [6.07, 6.45) is -0.315. The highest BCUT2D eigenvalue weighted by atomic mass is 32.2. The monoisotopic (exact) mass is 313 g/mol. The summed E-state index contributed by atoms with van der Waals surface area (Å²) in [4.78, 5) is 0. The number of benzene rings is 1. The van der Waals surface area contributed by atoms with Gasteiger partial charge in [0.15, 0.2) is 0 Å². The van der Waals surface area contributed by atoms with Gasteiger partial charge in [0.05, 0.1) is 20.3 Å². The van der Waals surface area contributed by atoms with Crippen molar-refractivity contribution >= 4 is 11.8 Å². The van der Waals surface area contributed by atoms with Crippen LogP contribution in [0.2, 0.25) is 0 Å². The van der Waals surface area contributed by atoms with Gasteiger partial charge >= 0.3 is 0 Å². The van der Waals surface area contributed by atoms with Gasteiger partial charge in [0.1, 0.15) is 11.5 Å². The lowest BCUT2D eigenvalue weighted by Gasteiger charge is -2.23. The van der Waals surface area contributed by atoms with Crippen LogP contribution in [0.4, 0.5) is 0 Å². The van der Waals surface area contributed by atoms with Crippen molar-refractivity contribution in [2.24, 2.45) is 0 Å². The second-order valence-corrected chi connectivity index (χ2v) is 6.41. The number of hydrogen-bond donors (Lipinski definition) is 2. The first-order valence-electron chi connectivity index (χ1n) is 7.28. The molecular formula is C16H27NO3S.